The highest BCUT2D eigenvalue weighted by atomic mass is 32.1. The van der Waals surface area contributed by atoms with E-state index in [9.17, 15) is 4.79 Å². The molecular formula is C12H16N4OS. The second-order valence-corrected chi connectivity index (χ2v) is 5.37. The Bertz CT molecular complexity index is 465. The molecule has 1 unspecified atom stereocenters. The smallest absolute Gasteiger partial charge is 0.239 e. The number of thiophene rings is 1. The summed E-state index contributed by atoms with van der Waals surface area (Å²) in [6, 6.07) is 3.77. The van der Waals surface area contributed by atoms with Crippen molar-refractivity contribution in [1.29, 1.82) is 5.26 Å². The topological polar surface area (TPSA) is 82.2 Å². The zero-order valence-corrected chi connectivity index (χ0v) is 10.9. The molecule has 6 heteroatoms. The van der Waals surface area contributed by atoms with Gasteiger partial charge in [0, 0.05) is 6.54 Å². The van der Waals surface area contributed by atoms with Gasteiger partial charge < -0.3 is 11.1 Å². The third kappa shape index (κ3) is 3.07. The normalized spacial score (nSPS) is 19.7. The molecule has 1 atom stereocenters. The van der Waals surface area contributed by atoms with Crippen LogP contribution in [0.15, 0.2) is 11.4 Å². The Hall–Kier alpha value is -1.42. The molecule has 1 fully saturated rings. The summed E-state index contributed by atoms with van der Waals surface area (Å²) in [5, 5.41) is 14.1. The summed E-state index contributed by atoms with van der Waals surface area (Å²) < 4.78 is 0. The van der Waals surface area contributed by atoms with Gasteiger partial charge in [0.25, 0.3) is 0 Å². The van der Waals surface area contributed by atoms with Crippen molar-refractivity contribution in [1.82, 2.24) is 4.90 Å². The van der Waals surface area contributed by atoms with Gasteiger partial charge in [-0.1, -0.05) is 0 Å². The molecule has 1 aromatic rings. The van der Waals surface area contributed by atoms with Gasteiger partial charge in [0.2, 0.25) is 5.91 Å². The van der Waals surface area contributed by atoms with Gasteiger partial charge in [-0.3, -0.25) is 9.69 Å². The second kappa shape index (κ2) is 5.96. The molecule has 0 aromatic carbocycles. The molecule has 1 saturated heterocycles. The maximum atomic E-state index is 11.8. The minimum absolute atomic E-state index is 0.0633. The lowest BCUT2D eigenvalue weighted by molar-refractivity contribution is -0.117. The number of nitrogens with one attached hydrogen (secondary N) is 1. The van der Waals surface area contributed by atoms with Crippen LogP contribution in [0.1, 0.15) is 12.0 Å². The van der Waals surface area contributed by atoms with Gasteiger partial charge in [-0.05, 0) is 36.9 Å². The summed E-state index contributed by atoms with van der Waals surface area (Å²) in [5.41, 5.74) is 6.14. The molecule has 2 heterocycles. The van der Waals surface area contributed by atoms with E-state index in [2.05, 4.69) is 16.3 Å². The van der Waals surface area contributed by atoms with Crippen molar-refractivity contribution in [3.05, 3.63) is 17.0 Å². The summed E-state index contributed by atoms with van der Waals surface area (Å²) in [6.45, 7) is 2.87. The quantitative estimate of drug-likeness (QED) is 0.844. The molecule has 1 amide bonds. The Kier molecular flexibility index (Phi) is 4.31. The molecule has 0 bridgehead atoms. The summed E-state index contributed by atoms with van der Waals surface area (Å²) in [7, 11) is 0. The number of carbonyl (C=O) groups excluding carboxylic acids is 1. The molecule has 5 nitrogen and oxygen atoms in total. The SMILES string of the molecule is N#Cc1ccsc1NC(=O)CN1CCC(CN)C1. The molecule has 2 rings (SSSR count). The third-order valence-corrected chi connectivity index (χ3v) is 3.94. The van der Waals surface area contributed by atoms with Gasteiger partial charge in [0.15, 0.2) is 0 Å². The van der Waals surface area contributed by atoms with E-state index in [-0.39, 0.29) is 5.91 Å². The molecule has 0 spiro atoms. The molecule has 3 N–H and O–H groups in total. The summed E-state index contributed by atoms with van der Waals surface area (Å²) in [6.07, 6.45) is 1.06. The van der Waals surface area contributed by atoms with E-state index >= 15 is 0 Å². The fourth-order valence-electron chi connectivity index (χ4n) is 2.11. The molecule has 96 valence electrons. The van der Waals surface area contributed by atoms with Crippen LogP contribution in [0.2, 0.25) is 0 Å². The standard InChI is InChI=1S/C12H16N4OS/c13-5-9-1-3-16(7-9)8-11(17)15-12-10(6-14)2-4-18-12/h2,4,9H,1,3,5,7-8,13H2,(H,15,17). The van der Waals surface area contributed by atoms with Crippen molar-refractivity contribution in [2.24, 2.45) is 11.7 Å². The van der Waals surface area contributed by atoms with Crippen LogP contribution in [0.4, 0.5) is 5.00 Å². The average molecular weight is 264 g/mol. The van der Waals surface area contributed by atoms with Crippen LogP contribution in [0.25, 0.3) is 0 Å². The van der Waals surface area contributed by atoms with Crippen molar-refractivity contribution in [3.63, 3.8) is 0 Å². The Balaban J connectivity index is 1.85. The molecule has 1 aliphatic heterocycles. The molecular weight excluding hydrogens is 248 g/mol. The van der Waals surface area contributed by atoms with Crippen LogP contribution in [0.3, 0.4) is 0 Å². The predicted octanol–water partition coefficient (Wildman–Crippen LogP) is 0.839. The molecule has 0 aliphatic carbocycles. The molecule has 0 radical (unpaired) electrons. The van der Waals surface area contributed by atoms with Gasteiger partial charge in [0.05, 0.1) is 12.1 Å². The third-order valence-electron chi connectivity index (χ3n) is 3.11. The Labute approximate surface area is 110 Å². The monoisotopic (exact) mass is 264 g/mol. The van der Waals surface area contributed by atoms with Gasteiger partial charge in [-0.15, -0.1) is 11.3 Å². The number of hydrogen-bond acceptors (Lipinski definition) is 5. The Morgan fingerprint density at radius 1 is 1.72 bits per heavy atom. The fourth-order valence-corrected chi connectivity index (χ4v) is 2.87. The van der Waals surface area contributed by atoms with Crippen LogP contribution in [-0.2, 0) is 4.79 Å². The van der Waals surface area contributed by atoms with Gasteiger partial charge in [-0.2, -0.15) is 5.26 Å². The molecule has 0 saturated carbocycles. The lowest BCUT2D eigenvalue weighted by Gasteiger charge is -2.14. The van der Waals surface area contributed by atoms with E-state index < -0.39 is 0 Å². The predicted molar refractivity (Wildman–Crippen MR) is 71.3 cm³/mol. The van der Waals surface area contributed by atoms with Crippen LogP contribution in [0.5, 0.6) is 0 Å². The van der Waals surface area contributed by atoms with Gasteiger partial charge in [-0.25, -0.2) is 0 Å². The van der Waals surface area contributed by atoms with Crippen LogP contribution >= 0.6 is 11.3 Å². The van der Waals surface area contributed by atoms with E-state index in [1.54, 1.807) is 11.4 Å². The van der Waals surface area contributed by atoms with E-state index in [0.29, 0.717) is 29.6 Å². The summed E-state index contributed by atoms with van der Waals surface area (Å²) in [4.78, 5) is 13.9. The maximum Gasteiger partial charge on any atom is 0.239 e. The number of hydrogen-bond donors (Lipinski definition) is 2. The summed E-state index contributed by atoms with van der Waals surface area (Å²) in [5.74, 6) is 0.445. The highest BCUT2D eigenvalue weighted by Gasteiger charge is 2.23. The average Bonchev–Trinajstić information content (AvgIpc) is 2.97. The molecule has 1 aromatic heterocycles. The number of anilines is 1. The minimum Gasteiger partial charge on any atom is -0.330 e. The molecule has 1 aliphatic rings. The zero-order valence-electron chi connectivity index (χ0n) is 10.1. The number of rotatable bonds is 4. The van der Waals surface area contributed by atoms with E-state index in [4.69, 9.17) is 11.0 Å². The number of nitriles is 1. The van der Waals surface area contributed by atoms with Crippen LogP contribution < -0.4 is 11.1 Å². The highest BCUT2D eigenvalue weighted by molar-refractivity contribution is 7.14. The van der Waals surface area contributed by atoms with Crippen molar-refractivity contribution in [2.45, 2.75) is 6.42 Å². The number of nitrogens with zero attached hydrogens (tertiary/aromatic N) is 2. The van der Waals surface area contributed by atoms with Crippen molar-refractivity contribution >= 4 is 22.2 Å². The lowest BCUT2D eigenvalue weighted by Crippen LogP contribution is -2.32. The zero-order chi connectivity index (χ0) is 13.0. The number of nitrogens with two attached hydrogens (primary N) is 1. The minimum atomic E-state index is -0.0633. The van der Waals surface area contributed by atoms with Crippen molar-refractivity contribution in [3.8, 4) is 6.07 Å². The largest absolute Gasteiger partial charge is 0.330 e. The van der Waals surface area contributed by atoms with E-state index in [0.717, 1.165) is 19.5 Å². The first-order valence-corrected chi connectivity index (χ1v) is 6.80. The lowest BCUT2D eigenvalue weighted by atomic mass is 10.1. The van der Waals surface area contributed by atoms with Crippen LogP contribution in [-0.4, -0.2) is 37.0 Å². The Morgan fingerprint density at radius 3 is 3.22 bits per heavy atom. The second-order valence-electron chi connectivity index (χ2n) is 4.45. The number of carbonyl (C=O) groups is 1. The van der Waals surface area contributed by atoms with Gasteiger partial charge >= 0.3 is 0 Å². The maximum absolute atomic E-state index is 11.8. The number of amides is 1. The first kappa shape index (κ1) is 13.0. The fraction of sp³-hybridized carbons (Fsp3) is 0.500. The highest BCUT2D eigenvalue weighted by Crippen LogP contribution is 2.22. The van der Waals surface area contributed by atoms with Gasteiger partial charge in [0.1, 0.15) is 11.1 Å². The first-order valence-electron chi connectivity index (χ1n) is 5.92. The van der Waals surface area contributed by atoms with E-state index in [1.165, 1.54) is 11.3 Å². The Morgan fingerprint density at radius 2 is 2.56 bits per heavy atom. The summed E-state index contributed by atoms with van der Waals surface area (Å²) >= 11 is 1.37. The van der Waals surface area contributed by atoms with E-state index in [1.807, 2.05) is 0 Å². The number of likely N-dealkylation sites (tertiary alicyclic amines) is 1. The van der Waals surface area contributed by atoms with Crippen molar-refractivity contribution < 1.29 is 4.79 Å². The first-order chi connectivity index (χ1) is 8.72. The van der Waals surface area contributed by atoms with Crippen LogP contribution in [0, 0.1) is 17.2 Å². The molecule has 18 heavy (non-hydrogen) atoms. The van der Waals surface area contributed by atoms with Crippen molar-refractivity contribution in [2.75, 3.05) is 31.5 Å².